The molecule has 0 amide bonds. The molecule has 98 valence electrons. The van der Waals surface area contributed by atoms with Crippen molar-refractivity contribution in [1.82, 2.24) is 4.98 Å². The lowest BCUT2D eigenvalue weighted by Gasteiger charge is -2.00. The first-order valence-electron chi connectivity index (χ1n) is 5.26. The van der Waals surface area contributed by atoms with Gasteiger partial charge in [-0.2, -0.15) is 0 Å². The van der Waals surface area contributed by atoms with Gasteiger partial charge in [-0.05, 0) is 17.7 Å². The van der Waals surface area contributed by atoms with Gasteiger partial charge in [0.05, 0.1) is 12.0 Å². The minimum Gasteiger partial charge on any atom is -0.506 e. The summed E-state index contributed by atoms with van der Waals surface area (Å²) in [5.74, 6) is -1.22. The number of thiazole rings is 1. The minimum absolute atomic E-state index is 0.104. The lowest BCUT2D eigenvalue weighted by Crippen LogP contribution is -2.00. The zero-order valence-electron chi connectivity index (χ0n) is 10.0. The predicted octanol–water partition coefficient (Wildman–Crippen LogP) is 3.26. The van der Waals surface area contributed by atoms with Gasteiger partial charge >= 0.3 is 5.97 Å². The number of hydrogen-bond acceptors (Lipinski definition) is 5. The lowest BCUT2D eigenvalue weighted by molar-refractivity contribution is 0.0600. The fourth-order valence-corrected chi connectivity index (χ4v) is 2.50. The zero-order chi connectivity index (χ0) is 14.0. The van der Waals surface area contributed by atoms with Crippen LogP contribution in [0.5, 0.6) is 0 Å². The molecule has 0 aliphatic rings. The van der Waals surface area contributed by atoms with E-state index < -0.39 is 5.97 Å². The topological polar surface area (TPSA) is 59.4 Å². The summed E-state index contributed by atoms with van der Waals surface area (Å²) in [6.07, 6.45) is 0. The number of benzene rings is 1. The van der Waals surface area contributed by atoms with Crippen molar-refractivity contribution in [3.63, 3.8) is 0 Å². The lowest BCUT2D eigenvalue weighted by atomic mass is 10.1. The van der Waals surface area contributed by atoms with Gasteiger partial charge in [0.25, 0.3) is 0 Å². The van der Waals surface area contributed by atoms with Crippen molar-refractivity contribution in [2.75, 3.05) is 7.11 Å². The fraction of sp³-hybridized carbons (Fsp3) is 0.0769. The third kappa shape index (κ3) is 2.63. The van der Waals surface area contributed by atoms with Crippen LogP contribution in [0.2, 0.25) is 0 Å². The number of rotatable bonds is 3. The summed E-state index contributed by atoms with van der Waals surface area (Å²) >= 11 is 1.05. The Hall–Kier alpha value is -2.21. The van der Waals surface area contributed by atoms with Gasteiger partial charge in [-0.15, -0.1) is 11.3 Å². The number of carbonyl (C=O) groups excluding carboxylic acids is 1. The van der Waals surface area contributed by atoms with E-state index in [1.165, 1.54) is 31.4 Å². The number of carbonyl (C=O) groups is 1. The maximum atomic E-state index is 12.9. The molecule has 0 aliphatic carbocycles. The molecule has 0 unspecified atom stereocenters. The molecule has 1 heterocycles. The van der Waals surface area contributed by atoms with Gasteiger partial charge in [-0.1, -0.05) is 18.7 Å². The summed E-state index contributed by atoms with van der Waals surface area (Å²) in [7, 11) is 1.24. The smallest absolute Gasteiger partial charge is 0.367 e. The highest BCUT2D eigenvalue weighted by Gasteiger charge is 2.19. The van der Waals surface area contributed by atoms with Crippen LogP contribution in [0.1, 0.15) is 15.5 Å². The van der Waals surface area contributed by atoms with Crippen molar-refractivity contribution < 1.29 is 19.0 Å². The number of hydrogen-bond donors (Lipinski definition) is 1. The Bertz CT molecular complexity index is 634. The first-order valence-corrected chi connectivity index (χ1v) is 6.08. The second-order valence-corrected chi connectivity index (χ2v) is 4.64. The molecule has 1 N–H and O–H groups in total. The van der Waals surface area contributed by atoms with E-state index in [4.69, 9.17) is 0 Å². The Morgan fingerprint density at radius 3 is 2.58 bits per heavy atom. The molecular weight excluding hydrogens is 269 g/mol. The molecule has 4 nitrogen and oxygen atoms in total. The summed E-state index contributed by atoms with van der Waals surface area (Å²) in [6, 6.07) is 5.65. The van der Waals surface area contributed by atoms with E-state index in [-0.39, 0.29) is 22.3 Å². The van der Waals surface area contributed by atoms with Crippen molar-refractivity contribution in [3.8, 4) is 10.4 Å². The molecule has 0 bridgehead atoms. The highest BCUT2D eigenvalue weighted by atomic mass is 32.1. The van der Waals surface area contributed by atoms with Crippen LogP contribution < -0.4 is 0 Å². The molecule has 0 fully saturated rings. The fourth-order valence-electron chi connectivity index (χ4n) is 1.49. The van der Waals surface area contributed by atoms with E-state index in [0.717, 1.165) is 11.3 Å². The molecule has 0 radical (unpaired) electrons. The van der Waals surface area contributed by atoms with Crippen molar-refractivity contribution in [2.45, 2.75) is 0 Å². The quantitative estimate of drug-likeness (QED) is 0.692. The van der Waals surface area contributed by atoms with Crippen LogP contribution in [0.15, 0.2) is 30.8 Å². The van der Waals surface area contributed by atoms with Gasteiger partial charge in [0.1, 0.15) is 17.3 Å². The number of halogens is 1. The van der Waals surface area contributed by atoms with Gasteiger partial charge in [-0.25, -0.2) is 14.2 Å². The number of esters is 1. The van der Waals surface area contributed by atoms with Gasteiger partial charge in [0.2, 0.25) is 5.01 Å². The van der Waals surface area contributed by atoms with Gasteiger partial charge < -0.3 is 9.84 Å². The van der Waals surface area contributed by atoms with Crippen molar-refractivity contribution in [1.29, 1.82) is 0 Å². The Kier molecular flexibility index (Phi) is 3.62. The molecule has 1 aromatic carbocycles. The Morgan fingerprint density at radius 2 is 2.05 bits per heavy atom. The summed E-state index contributed by atoms with van der Waals surface area (Å²) < 4.78 is 17.5. The third-order valence-corrected chi connectivity index (χ3v) is 3.45. The first kappa shape index (κ1) is 13.2. The number of aromatic nitrogens is 1. The third-order valence-electron chi connectivity index (χ3n) is 2.37. The van der Waals surface area contributed by atoms with Crippen LogP contribution in [-0.2, 0) is 4.74 Å². The number of methoxy groups -OCH3 is 1. The maximum absolute atomic E-state index is 12.9. The molecular formula is C13H10FNO3S. The average Bonchev–Trinajstić information content (AvgIpc) is 2.84. The standard InChI is InChI=1S/C13H10FNO3S/c1-7(16)10-11(8-3-5-9(14)6-4-8)19-12(15-10)13(17)18-2/h3-6,16H,1H2,2H3. The average molecular weight is 279 g/mol. The van der Waals surface area contributed by atoms with E-state index in [9.17, 15) is 14.3 Å². The summed E-state index contributed by atoms with van der Waals surface area (Å²) in [5, 5.41) is 9.62. The highest BCUT2D eigenvalue weighted by Crippen LogP contribution is 2.33. The zero-order valence-corrected chi connectivity index (χ0v) is 10.8. The largest absolute Gasteiger partial charge is 0.506 e. The summed E-state index contributed by atoms with van der Waals surface area (Å²) in [4.78, 5) is 16.0. The second kappa shape index (κ2) is 5.19. The number of ether oxygens (including phenoxy) is 1. The van der Waals surface area contributed by atoms with Gasteiger partial charge in [0, 0.05) is 0 Å². The van der Waals surface area contributed by atoms with E-state index in [0.29, 0.717) is 10.4 Å². The molecule has 2 aromatic rings. The normalized spacial score (nSPS) is 10.2. The first-order chi connectivity index (χ1) is 9.02. The minimum atomic E-state index is -0.596. The Balaban J connectivity index is 2.54. The van der Waals surface area contributed by atoms with Gasteiger partial charge in [0.15, 0.2) is 0 Å². The predicted molar refractivity (Wildman–Crippen MR) is 70.5 cm³/mol. The monoisotopic (exact) mass is 279 g/mol. The molecule has 0 atom stereocenters. The second-order valence-electron chi connectivity index (χ2n) is 3.64. The number of aliphatic hydroxyl groups excluding tert-OH is 1. The molecule has 0 saturated heterocycles. The Morgan fingerprint density at radius 1 is 1.42 bits per heavy atom. The van der Waals surface area contributed by atoms with Crippen LogP contribution in [0.25, 0.3) is 16.2 Å². The summed E-state index contributed by atoms with van der Waals surface area (Å²) in [5.41, 5.74) is 0.830. The number of aliphatic hydroxyl groups is 1. The maximum Gasteiger partial charge on any atom is 0.367 e. The molecule has 2 rings (SSSR count). The van der Waals surface area contributed by atoms with Crippen LogP contribution in [0.3, 0.4) is 0 Å². The van der Waals surface area contributed by atoms with E-state index in [2.05, 4.69) is 16.3 Å². The van der Waals surface area contributed by atoms with E-state index >= 15 is 0 Å². The van der Waals surface area contributed by atoms with E-state index in [1.54, 1.807) is 0 Å². The SMILES string of the molecule is C=C(O)c1nc(C(=O)OC)sc1-c1ccc(F)cc1. The summed E-state index contributed by atoms with van der Waals surface area (Å²) in [6.45, 7) is 3.40. The van der Waals surface area contributed by atoms with Crippen LogP contribution in [-0.4, -0.2) is 23.2 Å². The van der Waals surface area contributed by atoms with Crippen LogP contribution >= 0.6 is 11.3 Å². The molecule has 0 aliphatic heterocycles. The molecule has 1 aromatic heterocycles. The highest BCUT2D eigenvalue weighted by molar-refractivity contribution is 7.17. The van der Waals surface area contributed by atoms with Crippen molar-refractivity contribution >= 4 is 23.1 Å². The van der Waals surface area contributed by atoms with Crippen LogP contribution in [0.4, 0.5) is 4.39 Å². The van der Waals surface area contributed by atoms with E-state index in [1.807, 2.05) is 0 Å². The van der Waals surface area contributed by atoms with Crippen molar-refractivity contribution in [3.05, 3.63) is 47.4 Å². The molecule has 6 heteroatoms. The molecule has 0 saturated carbocycles. The van der Waals surface area contributed by atoms with Crippen LogP contribution in [0, 0.1) is 5.82 Å². The molecule has 0 spiro atoms. The van der Waals surface area contributed by atoms with Crippen molar-refractivity contribution in [2.24, 2.45) is 0 Å². The van der Waals surface area contributed by atoms with Gasteiger partial charge in [-0.3, -0.25) is 0 Å². The number of nitrogens with zero attached hydrogens (tertiary/aromatic N) is 1. The Labute approximate surface area is 112 Å². The molecule has 19 heavy (non-hydrogen) atoms.